The molecule has 0 aliphatic heterocycles. The van der Waals surface area contributed by atoms with Crippen molar-refractivity contribution in [2.45, 2.75) is 0 Å². The summed E-state index contributed by atoms with van der Waals surface area (Å²) in [6.45, 7) is 0. The molecule has 0 atom stereocenters. The van der Waals surface area contributed by atoms with Gasteiger partial charge in [0, 0.05) is 13.2 Å². The lowest BCUT2D eigenvalue weighted by molar-refractivity contribution is 0.0988. The van der Waals surface area contributed by atoms with Crippen LogP contribution in [-0.2, 0) is 0 Å². The van der Waals surface area contributed by atoms with Crippen LogP contribution in [-0.4, -0.2) is 17.9 Å². The van der Waals surface area contributed by atoms with Gasteiger partial charge in [0.1, 0.15) is 5.82 Å². The van der Waals surface area contributed by atoms with Crippen molar-refractivity contribution in [3.63, 3.8) is 0 Å². The van der Waals surface area contributed by atoms with Gasteiger partial charge in [-0.15, -0.1) is 0 Å². The second kappa shape index (κ2) is 4.83. The Morgan fingerprint density at radius 2 is 2.00 bits per heavy atom. The molecule has 5 heteroatoms. The second-order valence-corrected chi connectivity index (χ2v) is 3.76. The molecule has 0 aliphatic carbocycles. The highest BCUT2D eigenvalue weighted by Gasteiger charge is 2.19. The maximum Gasteiger partial charge on any atom is 0.262 e. The minimum atomic E-state index is -0.566. The van der Waals surface area contributed by atoms with E-state index in [-0.39, 0.29) is 5.56 Å². The minimum absolute atomic E-state index is 0.00921. The Morgan fingerprint density at radius 1 is 1.28 bits per heavy atom. The van der Waals surface area contributed by atoms with E-state index in [2.05, 4.69) is 4.98 Å². The highest BCUT2D eigenvalue weighted by atomic mass is 19.1. The zero-order valence-electron chi connectivity index (χ0n) is 9.80. The number of nitrogens with two attached hydrogens (primary N) is 1. The highest BCUT2D eigenvalue weighted by molar-refractivity contribution is 6.06. The van der Waals surface area contributed by atoms with E-state index in [4.69, 9.17) is 5.73 Å². The van der Waals surface area contributed by atoms with Gasteiger partial charge in [0.25, 0.3) is 5.91 Å². The molecule has 18 heavy (non-hydrogen) atoms. The van der Waals surface area contributed by atoms with E-state index in [9.17, 15) is 9.18 Å². The Labute approximate surface area is 104 Å². The van der Waals surface area contributed by atoms with E-state index < -0.39 is 11.7 Å². The summed E-state index contributed by atoms with van der Waals surface area (Å²) in [7, 11) is 1.51. The minimum Gasteiger partial charge on any atom is -0.396 e. The smallest absolute Gasteiger partial charge is 0.262 e. The zero-order chi connectivity index (χ0) is 13.1. The van der Waals surface area contributed by atoms with Crippen molar-refractivity contribution in [1.29, 1.82) is 0 Å². The van der Waals surface area contributed by atoms with Crippen molar-refractivity contribution in [3.8, 4) is 0 Å². The van der Waals surface area contributed by atoms with Gasteiger partial charge in [0.15, 0.2) is 5.82 Å². The predicted octanol–water partition coefficient (Wildman–Crippen LogP) is 2.08. The molecule has 0 bridgehead atoms. The molecule has 1 amide bonds. The van der Waals surface area contributed by atoms with Crippen molar-refractivity contribution >= 4 is 17.4 Å². The van der Waals surface area contributed by atoms with E-state index in [1.807, 2.05) is 0 Å². The third-order valence-corrected chi connectivity index (χ3v) is 2.54. The number of amides is 1. The zero-order valence-corrected chi connectivity index (χ0v) is 9.80. The number of benzene rings is 1. The highest BCUT2D eigenvalue weighted by Crippen LogP contribution is 2.20. The van der Waals surface area contributed by atoms with Crippen LogP contribution in [0.4, 0.5) is 15.9 Å². The fraction of sp³-hybridized carbons (Fsp3) is 0.0769. The summed E-state index contributed by atoms with van der Waals surface area (Å²) in [4.78, 5) is 17.4. The number of anilines is 2. The van der Waals surface area contributed by atoms with E-state index in [1.165, 1.54) is 36.3 Å². The fourth-order valence-electron chi connectivity index (χ4n) is 1.60. The molecule has 0 fully saturated rings. The lowest BCUT2D eigenvalue weighted by Crippen LogP contribution is -2.28. The van der Waals surface area contributed by atoms with Gasteiger partial charge in [-0.1, -0.05) is 12.1 Å². The number of hydrogen-bond donors (Lipinski definition) is 1. The molecule has 1 heterocycles. The Morgan fingerprint density at radius 3 is 2.67 bits per heavy atom. The lowest BCUT2D eigenvalue weighted by atomic mass is 10.2. The summed E-state index contributed by atoms with van der Waals surface area (Å²) in [5.74, 6) is -0.742. The average Bonchev–Trinajstić information content (AvgIpc) is 2.38. The Balaban J connectivity index is 2.36. The number of carbonyl (C=O) groups excluding carboxylic acids is 1. The molecule has 0 radical (unpaired) electrons. The topological polar surface area (TPSA) is 59.2 Å². The summed E-state index contributed by atoms with van der Waals surface area (Å²) in [5.41, 5.74) is 6.08. The largest absolute Gasteiger partial charge is 0.396 e. The van der Waals surface area contributed by atoms with Crippen LogP contribution in [0.1, 0.15) is 10.4 Å². The quantitative estimate of drug-likeness (QED) is 0.881. The summed E-state index contributed by atoms with van der Waals surface area (Å²) < 4.78 is 13.5. The molecule has 2 rings (SSSR count). The van der Waals surface area contributed by atoms with Gasteiger partial charge in [-0.25, -0.2) is 9.37 Å². The molecular formula is C13H12FN3O. The van der Waals surface area contributed by atoms with Gasteiger partial charge in [-0.05, 0) is 24.3 Å². The summed E-state index contributed by atoms with van der Waals surface area (Å²) in [5, 5.41) is 0. The third kappa shape index (κ3) is 2.15. The number of pyridine rings is 1. The predicted molar refractivity (Wildman–Crippen MR) is 67.8 cm³/mol. The van der Waals surface area contributed by atoms with Crippen LogP contribution < -0.4 is 10.6 Å². The van der Waals surface area contributed by atoms with Gasteiger partial charge in [0.05, 0.1) is 11.3 Å². The van der Waals surface area contributed by atoms with Gasteiger partial charge >= 0.3 is 0 Å². The van der Waals surface area contributed by atoms with Gasteiger partial charge in [-0.2, -0.15) is 0 Å². The molecule has 1 aromatic heterocycles. The summed E-state index contributed by atoms with van der Waals surface area (Å²) in [6, 6.07) is 9.09. The summed E-state index contributed by atoms with van der Waals surface area (Å²) >= 11 is 0. The van der Waals surface area contributed by atoms with Crippen LogP contribution in [0, 0.1) is 5.82 Å². The van der Waals surface area contributed by atoms with E-state index in [1.54, 1.807) is 18.2 Å². The average molecular weight is 245 g/mol. The lowest BCUT2D eigenvalue weighted by Gasteiger charge is -2.17. The van der Waals surface area contributed by atoms with Gasteiger partial charge < -0.3 is 5.73 Å². The number of rotatable bonds is 2. The Kier molecular flexibility index (Phi) is 3.23. The van der Waals surface area contributed by atoms with E-state index >= 15 is 0 Å². The van der Waals surface area contributed by atoms with Crippen molar-refractivity contribution in [3.05, 3.63) is 54.0 Å². The second-order valence-electron chi connectivity index (χ2n) is 3.76. The molecule has 0 unspecified atom stereocenters. The number of hydrogen-bond acceptors (Lipinski definition) is 3. The monoisotopic (exact) mass is 245 g/mol. The molecule has 92 valence electrons. The van der Waals surface area contributed by atoms with Crippen LogP contribution in [0.25, 0.3) is 0 Å². The fourth-order valence-corrected chi connectivity index (χ4v) is 1.60. The maximum absolute atomic E-state index is 13.5. The van der Waals surface area contributed by atoms with Gasteiger partial charge in [-0.3, -0.25) is 9.69 Å². The molecule has 4 nitrogen and oxygen atoms in total. The van der Waals surface area contributed by atoms with Crippen LogP contribution in [0.3, 0.4) is 0 Å². The Hall–Kier alpha value is -2.43. The molecule has 0 aliphatic rings. The maximum atomic E-state index is 13.5. The van der Waals surface area contributed by atoms with Gasteiger partial charge in [0.2, 0.25) is 0 Å². The number of nitrogen functional groups attached to an aromatic ring is 1. The molecule has 0 saturated heterocycles. The SMILES string of the molecule is CN(C(=O)c1ccccc1F)c1ncccc1N. The first-order chi connectivity index (χ1) is 8.61. The molecule has 2 aromatic rings. The molecule has 2 N–H and O–H groups in total. The van der Waals surface area contributed by atoms with Crippen LogP contribution in [0.5, 0.6) is 0 Å². The normalized spacial score (nSPS) is 10.1. The first-order valence-electron chi connectivity index (χ1n) is 5.34. The van der Waals surface area contributed by atoms with Crippen molar-refractivity contribution in [1.82, 2.24) is 4.98 Å². The number of halogens is 1. The van der Waals surface area contributed by atoms with Crippen LogP contribution in [0.15, 0.2) is 42.6 Å². The number of nitrogens with zero attached hydrogens (tertiary/aromatic N) is 2. The summed E-state index contributed by atoms with van der Waals surface area (Å²) in [6.07, 6.45) is 1.52. The molecular weight excluding hydrogens is 233 g/mol. The van der Waals surface area contributed by atoms with Crippen LogP contribution in [0.2, 0.25) is 0 Å². The molecule has 0 spiro atoms. The van der Waals surface area contributed by atoms with E-state index in [0.29, 0.717) is 11.5 Å². The Bertz CT molecular complexity index is 586. The van der Waals surface area contributed by atoms with E-state index in [0.717, 1.165) is 0 Å². The molecule has 1 aromatic carbocycles. The first kappa shape index (κ1) is 12.0. The molecule has 0 saturated carbocycles. The standard InChI is InChI=1S/C13H12FN3O/c1-17(12-11(15)7-4-8-16-12)13(18)9-5-2-3-6-10(9)14/h2-8H,15H2,1H3. The van der Waals surface area contributed by atoms with Crippen molar-refractivity contribution in [2.75, 3.05) is 17.7 Å². The van der Waals surface area contributed by atoms with Crippen molar-refractivity contribution < 1.29 is 9.18 Å². The number of aromatic nitrogens is 1. The van der Waals surface area contributed by atoms with Crippen molar-refractivity contribution in [2.24, 2.45) is 0 Å². The first-order valence-corrected chi connectivity index (χ1v) is 5.34. The number of carbonyl (C=O) groups is 1. The third-order valence-electron chi connectivity index (χ3n) is 2.54. The van der Waals surface area contributed by atoms with Crippen LogP contribution >= 0.6 is 0 Å².